The smallest absolute Gasteiger partial charge is 0.146 e. The molecular weight excluding hydrogens is 198 g/mol. The SMILES string of the molecule is CN(c1cc(F)ccc1F)C(C)(C)CN. The van der Waals surface area contributed by atoms with Crippen molar-refractivity contribution in [3.05, 3.63) is 29.8 Å². The summed E-state index contributed by atoms with van der Waals surface area (Å²) in [4.78, 5) is 1.64. The molecule has 0 radical (unpaired) electrons. The van der Waals surface area contributed by atoms with Crippen molar-refractivity contribution >= 4 is 5.69 Å². The number of nitrogens with two attached hydrogens (primary N) is 1. The number of halogens is 2. The molecule has 1 aromatic carbocycles. The molecule has 0 aliphatic heterocycles. The first-order valence-corrected chi connectivity index (χ1v) is 4.77. The third-order valence-electron chi connectivity index (χ3n) is 2.68. The summed E-state index contributed by atoms with van der Waals surface area (Å²) in [5, 5.41) is 0. The van der Waals surface area contributed by atoms with Crippen LogP contribution in [-0.4, -0.2) is 19.1 Å². The largest absolute Gasteiger partial charge is 0.366 e. The Labute approximate surface area is 88.7 Å². The molecule has 4 heteroatoms. The van der Waals surface area contributed by atoms with Crippen LogP contribution in [0, 0.1) is 11.6 Å². The van der Waals surface area contributed by atoms with Crippen molar-refractivity contribution < 1.29 is 8.78 Å². The zero-order chi connectivity index (χ0) is 11.6. The highest BCUT2D eigenvalue weighted by atomic mass is 19.1. The maximum Gasteiger partial charge on any atom is 0.146 e. The lowest BCUT2D eigenvalue weighted by Crippen LogP contribution is -2.47. The van der Waals surface area contributed by atoms with Crippen molar-refractivity contribution in [1.82, 2.24) is 0 Å². The standard InChI is InChI=1S/C11H16F2N2/c1-11(2,7-14)15(3)10-6-8(12)4-5-9(10)13/h4-6H,7,14H2,1-3H3. The van der Waals surface area contributed by atoms with Gasteiger partial charge in [0.05, 0.1) is 5.69 Å². The fraction of sp³-hybridized carbons (Fsp3) is 0.455. The molecule has 15 heavy (non-hydrogen) atoms. The maximum absolute atomic E-state index is 13.4. The van der Waals surface area contributed by atoms with E-state index in [0.717, 1.165) is 12.1 Å². The minimum absolute atomic E-state index is 0.227. The second-order valence-electron chi connectivity index (χ2n) is 4.17. The lowest BCUT2D eigenvalue weighted by molar-refractivity contribution is 0.485. The number of anilines is 1. The van der Waals surface area contributed by atoms with Gasteiger partial charge in [-0.05, 0) is 26.0 Å². The number of hydrogen-bond donors (Lipinski definition) is 1. The predicted molar refractivity (Wildman–Crippen MR) is 57.9 cm³/mol. The molecule has 0 heterocycles. The Morgan fingerprint density at radius 1 is 1.33 bits per heavy atom. The molecule has 84 valence electrons. The van der Waals surface area contributed by atoms with Crippen molar-refractivity contribution in [1.29, 1.82) is 0 Å². The van der Waals surface area contributed by atoms with Crippen molar-refractivity contribution in [2.24, 2.45) is 5.73 Å². The van der Waals surface area contributed by atoms with E-state index in [9.17, 15) is 8.78 Å². The number of likely N-dealkylation sites (N-methyl/N-ethyl adjacent to an activating group) is 1. The molecule has 0 aromatic heterocycles. The molecular formula is C11H16F2N2. The number of hydrogen-bond acceptors (Lipinski definition) is 2. The van der Waals surface area contributed by atoms with Crippen LogP contribution in [0.2, 0.25) is 0 Å². The lowest BCUT2D eigenvalue weighted by atomic mass is 10.0. The zero-order valence-corrected chi connectivity index (χ0v) is 9.22. The van der Waals surface area contributed by atoms with Crippen LogP contribution in [0.5, 0.6) is 0 Å². The van der Waals surface area contributed by atoms with Crippen molar-refractivity contribution in [3.8, 4) is 0 Å². The number of nitrogens with zero attached hydrogens (tertiary/aromatic N) is 1. The normalized spacial score (nSPS) is 11.6. The van der Waals surface area contributed by atoms with Crippen LogP contribution in [-0.2, 0) is 0 Å². The third kappa shape index (κ3) is 2.45. The van der Waals surface area contributed by atoms with Crippen molar-refractivity contribution in [2.45, 2.75) is 19.4 Å². The van der Waals surface area contributed by atoms with Gasteiger partial charge in [0, 0.05) is 25.2 Å². The second-order valence-corrected chi connectivity index (χ2v) is 4.17. The van der Waals surface area contributed by atoms with Crippen LogP contribution < -0.4 is 10.6 Å². The number of benzene rings is 1. The molecule has 0 atom stereocenters. The van der Waals surface area contributed by atoms with E-state index in [1.807, 2.05) is 13.8 Å². The van der Waals surface area contributed by atoms with Gasteiger partial charge in [-0.1, -0.05) is 0 Å². The second kappa shape index (κ2) is 4.14. The monoisotopic (exact) mass is 214 g/mol. The Morgan fingerprint density at radius 3 is 2.47 bits per heavy atom. The molecule has 0 aliphatic rings. The summed E-state index contributed by atoms with van der Waals surface area (Å²) in [7, 11) is 1.70. The zero-order valence-electron chi connectivity index (χ0n) is 9.22. The predicted octanol–water partition coefficient (Wildman–Crippen LogP) is 2.14. The number of rotatable bonds is 3. The molecule has 0 spiro atoms. The van der Waals surface area contributed by atoms with E-state index in [-0.39, 0.29) is 5.69 Å². The minimum Gasteiger partial charge on any atom is -0.366 e. The van der Waals surface area contributed by atoms with Crippen LogP contribution in [0.1, 0.15) is 13.8 Å². The van der Waals surface area contributed by atoms with E-state index in [0.29, 0.717) is 6.54 Å². The Balaban J connectivity index is 3.10. The first-order valence-electron chi connectivity index (χ1n) is 4.77. The van der Waals surface area contributed by atoms with E-state index in [4.69, 9.17) is 5.73 Å². The summed E-state index contributed by atoms with van der Waals surface area (Å²) in [6.45, 7) is 4.11. The minimum atomic E-state index is -0.453. The highest BCUT2D eigenvalue weighted by Crippen LogP contribution is 2.25. The van der Waals surface area contributed by atoms with Gasteiger partial charge < -0.3 is 10.6 Å². The van der Waals surface area contributed by atoms with E-state index >= 15 is 0 Å². The molecule has 0 saturated heterocycles. The first-order chi connectivity index (χ1) is 6.88. The molecule has 0 aliphatic carbocycles. The highest BCUT2D eigenvalue weighted by molar-refractivity contribution is 5.49. The van der Waals surface area contributed by atoms with Gasteiger partial charge in [-0.25, -0.2) is 8.78 Å². The van der Waals surface area contributed by atoms with Gasteiger partial charge in [-0.3, -0.25) is 0 Å². The summed E-state index contributed by atoms with van der Waals surface area (Å²) < 4.78 is 26.4. The molecule has 1 rings (SSSR count). The van der Waals surface area contributed by atoms with Crippen LogP contribution in [0.4, 0.5) is 14.5 Å². The summed E-state index contributed by atoms with van der Waals surface area (Å²) in [6, 6.07) is 3.39. The summed E-state index contributed by atoms with van der Waals surface area (Å²) in [5.74, 6) is -0.897. The summed E-state index contributed by atoms with van der Waals surface area (Å²) >= 11 is 0. The quantitative estimate of drug-likeness (QED) is 0.835. The van der Waals surface area contributed by atoms with Gasteiger partial charge in [0.25, 0.3) is 0 Å². The molecule has 1 aromatic rings. The Hall–Kier alpha value is -1.16. The Kier molecular flexibility index (Phi) is 3.29. The van der Waals surface area contributed by atoms with Gasteiger partial charge in [0.1, 0.15) is 11.6 Å². The van der Waals surface area contributed by atoms with Crippen LogP contribution >= 0.6 is 0 Å². The van der Waals surface area contributed by atoms with E-state index in [2.05, 4.69) is 0 Å². The van der Waals surface area contributed by atoms with Gasteiger partial charge in [-0.15, -0.1) is 0 Å². The van der Waals surface area contributed by atoms with Gasteiger partial charge in [0.15, 0.2) is 0 Å². The van der Waals surface area contributed by atoms with Gasteiger partial charge in [-0.2, -0.15) is 0 Å². The average molecular weight is 214 g/mol. The van der Waals surface area contributed by atoms with Crippen LogP contribution in [0.25, 0.3) is 0 Å². The van der Waals surface area contributed by atoms with E-state index < -0.39 is 17.2 Å². The third-order valence-corrected chi connectivity index (χ3v) is 2.68. The first kappa shape index (κ1) is 11.9. The Bertz CT molecular complexity index is 350. The summed E-state index contributed by atoms with van der Waals surface area (Å²) in [5.41, 5.74) is 5.39. The van der Waals surface area contributed by atoms with E-state index in [1.54, 1.807) is 11.9 Å². The average Bonchev–Trinajstić information content (AvgIpc) is 2.20. The fourth-order valence-electron chi connectivity index (χ4n) is 1.21. The summed E-state index contributed by atoms with van der Waals surface area (Å²) in [6.07, 6.45) is 0. The van der Waals surface area contributed by atoms with Gasteiger partial charge in [0.2, 0.25) is 0 Å². The van der Waals surface area contributed by atoms with Crippen LogP contribution in [0.15, 0.2) is 18.2 Å². The lowest BCUT2D eigenvalue weighted by Gasteiger charge is -2.36. The molecule has 0 saturated carbocycles. The maximum atomic E-state index is 13.4. The Morgan fingerprint density at radius 2 is 1.93 bits per heavy atom. The fourth-order valence-corrected chi connectivity index (χ4v) is 1.21. The molecule has 0 fully saturated rings. The molecule has 0 bridgehead atoms. The molecule has 2 N–H and O–H groups in total. The van der Waals surface area contributed by atoms with Crippen molar-refractivity contribution in [2.75, 3.05) is 18.5 Å². The van der Waals surface area contributed by atoms with Gasteiger partial charge >= 0.3 is 0 Å². The molecule has 2 nitrogen and oxygen atoms in total. The van der Waals surface area contributed by atoms with Crippen molar-refractivity contribution in [3.63, 3.8) is 0 Å². The molecule has 0 amide bonds. The topological polar surface area (TPSA) is 29.3 Å². The highest BCUT2D eigenvalue weighted by Gasteiger charge is 2.24. The molecule has 0 unspecified atom stereocenters. The van der Waals surface area contributed by atoms with E-state index in [1.165, 1.54) is 6.07 Å². The van der Waals surface area contributed by atoms with Crippen LogP contribution in [0.3, 0.4) is 0 Å².